The van der Waals surface area contributed by atoms with Crippen LogP contribution in [0.1, 0.15) is 77.0 Å². The molecule has 53 heavy (non-hydrogen) atoms. The fourth-order valence-corrected chi connectivity index (χ4v) is 8.67. The minimum absolute atomic E-state index is 0.0102. The van der Waals surface area contributed by atoms with Gasteiger partial charge in [0.05, 0.1) is 23.8 Å². The van der Waals surface area contributed by atoms with Gasteiger partial charge < -0.3 is 20.3 Å². The van der Waals surface area contributed by atoms with Crippen LogP contribution in [0.2, 0.25) is 0 Å². The molecule has 2 aromatic rings. The van der Waals surface area contributed by atoms with Crippen LogP contribution < -0.4 is 15.4 Å². The Morgan fingerprint density at radius 3 is 2.36 bits per heavy atom. The van der Waals surface area contributed by atoms with E-state index in [1.54, 1.807) is 18.2 Å². The fourth-order valence-electron chi connectivity index (χ4n) is 7.28. The zero-order chi connectivity index (χ0) is 38.5. The fraction of sp³-hybridized carbons (Fsp3) is 0.538. The number of ether oxygens (including phenoxy) is 1. The second-order valence-corrected chi connectivity index (χ2v) is 18.2. The van der Waals surface area contributed by atoms with E-state index in [4.69, 9.17) is 4.74 Å². The molecule has 2 heterocycles. The summed E-state index contributed by atoms with van der Waals surface area (Å²) < 4.78 is 47.7. The van der Waals surface area contributed by atoms with E-state index < -0.39 is 62.6 Å². The van der Waals surface area contributed by atoms with E-state index in [-0.39, 0.29) is 55.8 Å². The lowest BCUT2D eigenvalue weighted by Gasteiger charge is -2.31. The van der Waals surface area contributed by atoms with E-state index in [9.17, 15) is 32.0 Å². The maximum Gasteiger partial charge on any atom is 0.410 e. The molecule has 5 atom stereocenters. The first-order chi connectivity index (χ1) is 24.9. The molecule has 14 heteroatoms. The number of benzene rings is 2. The van der Waals surface area contributed by atoms with Gasteiger partial charge in [0.25, 0.3) is 0 Å². The number of fused-ring (bicyclic) bond motifs is 1. The highest BCUT2D eigenvalue weighted by molar-refractivity contribution is 7.90. The topological polar surface area (TPSA) is 154 Å². The summed E-state index contributed by atoms with van der Waals surface area (Å²) in [7, 11) is -3.81. The van der Waals surface area contributed by atoms with E-state index >= 15 is 0 Å². The first-order valence-electron chi connectivity index (χ1n) is 18.3. The second kappa shape index (κ2) is 14.4. The van der Waals surface area contributed by atoms with Crippen molar-refractivity contribution in [1.29, 1.82) is 0 Å². The number of rotatable bonds is 12. The van der Waals surface area contributed by atoms with Crippen LogP contribution in [0, 0.1) is 23.1 Å². The number of carbonyl (C=O) groups excluding carboxylic acids is 4. The third-order valence-corrected chi connectivity index (χ3v) is 12.8. The smallest absolute Gasteiger partial charge is 0.410 e. The molecule has 0 unspecified atom stereocenters. The van der Waals surface area contributed by atoms with Gasteiger partial charge in [-0.05, 0) is 65.8 Å². The summed E-state index contributed by atoms with van der Waals surface area (Å²) >= 11 is 0. The maximum absolute atomic E-state index is 14.4. The summed E-state index contributed by atoms with van der Waals surface area (Å²) in [6, 6.07) is 10.7. The molecular weight excluding hydrogens is 702 g/mol. The molecule has 2 aliphatic carbocycles. The first-order valence-corrected chi connectivity index (χ1v) is 19.8. The molecule has 2 aromatic carbocycles. The summed E-state index contributed by atoms with van der Waals surface area (Å²) in [5, 5.41) is 5.58. The third kappa shape index (κ3) is 8.07. The van der Waals surface area contributed by atoms with Crippen LogP contribution in [0.4, 0.5) is 14.9 Å². The molecule has 4 amide bonds. The quantitative estimate of drug-likeness (QED) is 0.266. The van der Waals surface area contributed by atoms with Gasteiger partial charge in [0, 0.05) is 30.8 Å². The Labute approximate surface area is 310 Å². The highest BCUT2D eigenvalue weighted by Gasteiger charge is 2.60. The standard InChI is InChI=1S/C39H50FN5O7S/c1-7-25-18-39(25,36(48)43-53(50,51)29-15-16-29)22-41-34(46)32-17-28(52-37(49)44-19-24-9-8-10-31(40)30(24)21-44)20-45(32)35(47)33(23(2)3)42-27-13-11-26(12-14-27)38(4,5)6/h7-14,23,25,28-29,32-33,42H,1,15-22H2,2-6H3,(H,41,46)(H,43,48)/t25-,28-,32+,33+,39-/m1/s1. The van der Waals surface area contributed by atoms with E-state index in [0.717, 1.165) is 11.3 Å². The molecule has 2 saturated carbocycles. The van der Waals surface area contributed by atoms with Crippen molar-refractivity contribution in [2.45, 2.75) is 102 Å². The van der Waals surface area contributed by atoms with E-state index in [1.165, 1.54) is 15.9 Å². The Balaban J connectivity index is 1.19. The van der Waals surface area contributed by atoms with Crippen molar-refractivity contribution in [2.75, 3.05) is 18.4 Å². The van der Waals surface area contributed by atoms with Crippen molar-refractivity contribution in [2.24, 2.45) is 17.3 Å². The Kier molecular flexibility index (Phi) is 10.4. The molecular formula is C39H50FN5O7S. The number of halogens is 1. The molecule has 0 bridgehead atoms. The molecule has 0 radical (unpaired) electrons. The van der Waals surface area contributed by atoms with E-state index in [2.05, 4.69) is 42.7 Å². The number of carbonyl (C=O) groups is 4. The number of allylic oxidation sites excluding steroid dienone is 1. The Morgan fingerprint density at radius 1 is 1.08 bits per heavy atom. The third-order valence-electron chi connectivity index (χ3n) is 11.0. The largest absolute Gasteiger partial charge is 0.444 e. The number of likely N-dealkylation sites (tertiary alicyclic amines) is 1. The zero-order valence-corrected chi connectivity index (χ0v) is 31.8. The predicted molar refractivity (Wildman–Crippen MR) is 197 cm³/mol. The highest BCUT2D eigenvalue weighted by Crippen LogP contribution is 2.53. The van der Waals surface area contributed by atoms with Crippen molar-refractivity contribution >= 4 is 39.5 Å². The van der Waals surface area contributed by atoms with Crippen LogP contribution >= 0.6 is 0 Å². The molecule has 0 aromatic heterocycles. The van der Waals surface area contributed by atoms with Gasteiger partial charge in [-0.25, -0.2) is 17.6 Å². The van der Waals surface area contributed by atoms with Crippen LogP contribution in [0.15, 0.2) is 55.1 Å². The average molecular weight is 752 g/mol. The first kappa shape index (κ1) is 38.3. The number of hydrogen-bond donors (Lipinski definition) is 3. The average Bonchev–Trinajstić information content (AvgIpc) is 4.00. The number of anilines is 1. The van der Waals surface area contributed by atoms with Crippen molar-refractivity contribution in [3.05, 3.63) is 77.6 Å². The second-order valence-electron chi connectivity index (χ2n) is 16.3. The maximum atomic E-state index is 14.4. The number of nitrogens with one attached hydrogen (secondary N) is 3. The molecule has 2 aliphatic heterocycles. The van der Waals surface area contributed by atoms with Crippen molar-refractivity contribution in [1.82, 2.24) is 19.8 Å². The monoisotopic (exact) mass is 751 g/mol. The van der Waals surface area contributed by atoms with Gasteiger partial charge in [0.1, 0.15) is 24.0 Å². The molecule has 1 saturated heterocycles. The van der Waals surface area contributed by atoms with E-state index in [0.29, 0.717) is 30.4 Å². The summed E-state index contributed by atoms with van der Waals surface area (Å²) in [5.74, 6) is -2.57. The SMILES string of the molecule is C=C[C@@H]1C[C@]1(CNC(=O)[C@@H]1C[C@@H](OC(=O)N2Cc3cccc(F)c3C2)CN1C(=O)[C@@H](Nc1ccc(C(C)(C)C)cc1)C(C)C)C(=O)NS(=O)(=O)C1CC1. The molecule has 6 rings (SSSR count). The van der Waals surface area contributed by atoms with Crippen LogP contribution in [0.5, 0.6) is 0 Å². The molecule has 3 N–H and O–H groups in total. The lowest BCUT2D eigenvalue weighted by Crippen LogP contribution is -2.53. The number of hydrogen-bond acceptors (Lipinski definition) is 8. The Morgan fingerprint density at radius 2 is 1.77 bits per heavy atom. The lowest BCUT2D eigenvalue weighted by molar-refractivity contribution is -0.140. The van der Waals surface area contributed by atoms with Gasteiger partial charge in [-0.15, -0.1) is 6.58 Å². The molecule has 12 nitrogen and oxygen atoms in total. The summed E-state index contributed by atoms with van der Waals surface area (Å²) in [4.78, 5) is 57.9. The molecule has 0 spiro atoms. The van der Waals surface area contributed by atoms with Crippen molar-refractivity contribution in [3.63, 3.8) is 0 Å². The molecule has 4 aliphatic rings. The number of nitrogens with zero attached hydrogens (tertiary/aromatic N) is 2. The van der Waals surface area contributed by atoms with Gasteiger partial charge in [0.15, 0.2) is 0 Å². The van der Waals surface area contributed by atoms with Gasteiger partial charge in [-0.1, -0.05) is 65.0 Å². The summed E-state index contributed by atoms with van der Waals surface area (Å²) in [6.45, 7) is 13.9. The number of sulfonamides is 1. The number of amides is 4. The Bertz CT molecular complexity index is 1890. The van der Waals surface area contributed by atoms with Crippen molar-refractivity contribution in [3.8, 4) is 0 Å². The normalized spacial score (nSPS) is 24.3. The minimum atomic E-state index is -3.81. The summed E-state index contributed by atoms with van der Waals surface area (Å²) in [5.41, 5.74) is 1.72. The van der Waals surface area contributed by atoms with Crippen LogP contribution in [-0.4, -0.2) is 78.6 Å². The summed E-state index contributed by atoms with van der Waals surface area (Å²) in [6.07, 6.45) is 1.32. The van der Waals surface area contributed by atoms with Gasteiger partial charge in [0.2, 0.25) is 27.7 Å². The van der Waals surface area contributed by atoms with Crippen LogP contribution in [-0.2, 0) is 47.6 Å². The van der Waals surface area contributed by atoms with Crippen LogP contribution in [0.3, 0.4) is 0 Å². The van der Waals surface area contributed by atoms with Crippen LogP contribution in [0.25, 0.3) is 0 Å². The highest BCUT2D eigenvalue weighted by atomic mass is 32.2. The van der Waals surface area contributed by atoms with Gasteiger partial charge in [-0.2, -0.15) is 0 Å². The van der Waals surface area contributed by atoms with Crippen molar-refractivity contribution < 1.29 is 36.7 Å². The zero-order valence-electron chi connectivity index (χ0n) is 31.0. The minimum Gasteiger partial charge on any atom is -0.444 e. The molecule has 3 fully saturated rings. The van der Waals surface area contributed by atoms with Gasteiger partial charge >= 0.3 is 6.09 Å². The van der Waals surface area contributed by atoms with Gasteiger partial charge in [-0.3, -0.25) is 24.0 Å². The van der Waals surface area contributed by atoms with E-state index in [1.807, 2.05) is 38.1 Å². The molecule has 286 valence electrons. The predicted octanol–water partition coefficient (Wildman–Crippen LogP) is 4.60. The lowest BCUT2D eigenvalue weighted by atomic mass is 9.87. The Hall–Kier alpha value is -4.46.